The molecule has 0 rings (SSSR count). The van der Waals surface area contributed by atoms with Gasteiger partial charge in [0, 0.05) is 25.5 Å². The van der Waals surface area contributed by atoms with Gasteiger partial charge >= 0.3 is 0 Å². The molecule has 0 aliphatic rings. The lowest BCUT2D eigenvalue weighted by atomic mass is 10.4. The van der Waals surface area contributed by atoms with E-state index in [1.54, 1.807) is 13.8 Å². The van der Waals surface area contributed by atoms with Crippen LogP contribution < -0.4 is 5.32 Å². The Morgan fingerprint density at radius 1 is 1.33 bits per heavy atom. The summed E-state index contributed by atoms with van der Waals surface area (Å²) in [7, 11) is -2.89. The Labute approximate surface area is 93.3 Å². The average Bonchev–Trinajstić information content (AvgIpc) is 2.22. The van der Waals surface area contributed by atoms with Gasteiger partial charge in [-0.3, -0.25) is 0 Å². The van der Waals surface area contributed by atoms with Gasteiger partial charge in [0.1, 0.15) is 0 Å². The van der Waals surface area contributed by atoms with Crippen molar-refractivity contribution in [2.24, 2.45) is 0 Å². The predicted octanol–water partition coefficient (Wildman–Crippen LogP) is 0.826. The summed E-state index contributed by atoms with van der Waals surface area (Å²) < 4.78 is 28.0. The summed E-state index contributed by atoms with van der Waals surface area (Å²) in [5.74, 6) is 0.217. The second kappa shape index (κ2) is 8.07. The van der Waals surface area contributed by atoms with Crippen molar-refractivity contribution in [1.82, 2.24) is 5.32 Å². The molecule has 0 aliphatic carbocycles. The molecular weight excluding hydrogens is 214 g/mol. The molecule has 0 fully saturated rings. The first-order valence-electron chi connectivity index (χ1n) is 5.54. The van der Waals surface area contributed by atoms with E-state index in [0.29, 0.717) is 6.54 Å². The third-order valence-corrected chi connectivity index (χ3v) is 4.49. The molecule has 0 heterocycles. The molecule has 0 aromatic carbocycles. The molecule has 1 N–H and O–H groups in total. The number of nitrogens with one attached hydrogen (secondary N) is 1. The minimum absolute atomic E-state index is 0.217. The zero-order valence-electron chi connectivity index (χ0n) is 9.95. The number of hydrogen-bond donors (Lipinski definition) is 1. The molecule has 0 saturated carbocycles. The van der Waals surface area contributed by atoms with Crippen molar-refractivity contribution in [2.45, 2.75) is 32.4 Å². The second-order valence-corrected chi connectivity index (χ2v) is 6.22. The Bertz CT molecular complexity index is 239. The summed E-state index contributed by atoms with van der Waals surface area (Å²) in [5, 5.41) is 2.83. The fourth-order valence-corrected chi connectivity index (χ4v) is 2.10. The fourth-order valence-electron chi connectivity index (χ4n) is 1.16. The summed E-state index contributed by atoms with van der Waals surface area (Å²) in [4.78, 5) is 0. The second-order valence-electron chi connectivity index (χ2n) is 3.52. The van der Waals surface area contributed by atoms with Gasteiger partial charge in [-0.1, -0.05) is 6.92 Å². The first kappa shape index (κ1) is 14.9. The zero-order valence-corrected chi connectivity index (χ0v) is 10.8. The van der Waals surface area contributed by atoms with Crippen molar-refractivity contribution in [3.8, 4) is 0 Å². The van der Waals surface area contributed by atoms with E-state index in [2.05, 4.69) is 5.32 Å². The molecule has 4 nitrogen and oxygen atoms in total. The minimum atomic E-state index is -2.89. The third-order valence-electron chi connectivity index (χ3n) is 2.29. The minimum Gasteiger partial charge on any atom is -0.382 e. The Morgan fingerprint density at radius 2 is 2.00 bits per heavy atom. The molecule has 15 heavy (non-hydrogen) atoms. The number of rotatable bonds is 9. The highest BCUT2D eigenvalue weighted by atomic mass is 32.2. The van der Waals surface area contributed by atoms with Crippen molar-refractivity contribution in [1.29, 1.82) is 0 Å². The SMILES string of the molecule is CCOCCCNCC(C)S(=O)(=O)CC. The molecule has 1 unspecified atom stereocenters. The van der Waals surface area contributed by atoms with E-state index in [-0.39, 0.29) is 11.0 Å². The zero-order chi connectivity index (χ0) is 11.7. The normalized spacial score (nSPS) is 14.1. The van der Waals surface area contributed by atoms with Gasteiger partial charge in [-0.05, 0) is 26.8 Å². The maximum atomic E-state index is 11.4. The van der Waals surface area contributed by atoms with Crippen molar-refractivity contribution >= 4 is 9.84 Å². The third kappa shape index (κ3) is 6.87. The highest BCUT2D eigenvalue weighted by Crippen LogP contribution is 1.99. The van der Waals surface area contributed by atoms with Crippen LogP contribution in [0.15, 0.2) is 0 Å². The van der Waals surface area contributed by atoms with E-state index in [9.17, 15) is 8.42 Å². The summed E-state index contributed by atoms with van der Waals surface area (Å²) in [6.07, 6.45) is 0.923. The first-order chi connectivity index (χ1) is 7.04. The van der Waals surface area contributed by atoms with Gasteiger partial charge in [-0.2, -0.15) is 0 Å². The lowest BCUT2D eigenvalue weighted by molar-refractivity contribution is 0.145. The van der Waals surface area contributed by atoms with Crippen LogP contribution >= 0.6 is 0 Å². The van der Waals surface area contributed by atoms with Crippen molar-refractivity contribution < 1.29 is 13.2 Å². The molecule has 0 bridgehead atoms. The van der Waals surface area contributed by atoms with Crippen LogP contribution in [0.4, 0.5) is 0 Å². The highest BCUT2D eigenvalue weighted by molar-refractivity contribution is 7.92. The van der Waals surface area contributed by atoms with Crippen LogP contribution in [0.3, 0.4) is 0 Å². The highest BCUT2D eigenvalue weighted by Gasteiger charge is 2.17. The molecule has 5 heteroatoms. The maximum absolute atomic E-state index is 11.4. The average molecular weight is 237 g/mol. The van der Waals surface area contributed by atoms with Gasteiger partial charge in [-0.15, -0.1) is 0 Å². The standard InChI is InChI=1S/C10H23NO3S/c1-4-14-8-6-7-11-9-10(3)15(12,13)5-2/h10-11H,4-9H2,1-3H3. The van der Waals surface area contributed by atoms with Crippen molar-refractivity contribution in [2.75, 3.05) is 32.1 Å². The molecule has 0 saturated heterocycles. The molecule has 1 atom stereocenters. The Balaban J connectivity index is 3.52. The molecule has 0 aromatic rings. The summed E-state index contributed by atoms with van der Waals surface area (Å²) >= 11 is 0. The molecule has 0 aromatic heterocycles. The van der Waals surface area contributed by atoms with Crippen LogP contribution in [0.5, 0.6) is 0 Å². The van der Waals surface area contributed by atoms with Gasteiger partial charge in [0.15, 0.2) is 9.84 Å². The largest absolute Gasteiger partial charge is 0.382 e. The van der Waals surface area contributed by atoms with Crippen LogP contribution in [0, 0.1) is 0 Å². The van der Waals surface area contributed by atoms with Gasteiger partial charge in [0.05, 0.1) is 5.25 Å². The Hall–Kier alpha value is -0.130. The molecule has 0 spiro atoms. The smallest absolute Gasteiger partial charge is 0.153 e. The van der Waals surface area contributed by atoms with E-state index >= 15 is 0 Å². The van der Waals surface area contributed by atoms with E-state index in [1.807, 2.05) is 6.92 Å². The fraction of sp³-hybridized carbons (Fsp3) is 1.00. The van der Waals surface area contributed by atoms with Crippen LogP contribution in [0.1, 0.15) is 27.2 Å². The van der Waals surface area contributed by atoms with Gasteiger partial charge in [-0.25, -0.2) is 8.42 Å². The number of hydrogen-bond acceptors (Lipinski definition) is 4. The lowest BCUT2D eigenvalue weighted by Gasteiger charge is -2.12. The molecule has 0 amide bonds. The van der Waals surface area contributed by atoms with Gasteiger partial charge in [0.25, 0.3) is 0 Å². The number of sulfone groups is 1. The summed E-state index contributed by atoms with van der Waals surface area (Å²) in [5.41, 5.74) is 0. The van der Waals surface area contributed by atoms with E-state index in [1.165, 1.54) is 0 Å². The summed E-state index contributed by atoms with van der Waals surface area (Å²) in [6, 6.07) is 0. The Kier molecular flexibility index (Phi) is 8.00. The molecular formula is C10H23NO3S. The topological polar surface area (TPSA) is 55.4 Å². The van der Waals surface area contributed by atoms with E-state index < -0.39 is 9.84 Å². The van der Waals surface area contributed by atoms with E-state index in [0.717, 1.165) is 26.2 Å². The first-order valence-corrected chi connectivity index (χ1v) is 7.26. The van der Waals surface area contributed by atoms with Crippen LogP contribution in [-0.4, -0.2) is 45.7 Å². The van der Waals surface area contributed by atoms with Crippen LogP contribution in [-0.2, 0) is 14.6 Å². The Morgan fingerprint density at radius 3 is 2.53 bits per heavy atom. The van der Waals surface area contributed by atoms with E-state index in [4.69, 9.17) is 4.74 Å². The lowest BCUT2D eigenvalue weighted by Crippen LogP contribution is -2.32. The quantitative estimate of drug-likeness (QED) is 0.603. The van der Waals surface area contributed by atoms with Crippen molar-refractivity contribution in [3.63, 3.8) is 0 Å². The molecule has 92 valence electrons. The van der Waals surface area contributed by atoms with Crippen LogP contribution in [0.2, 0.25) is 0 Å². The predicted molar refractivity (Wildman–Crippen MR) is 62.9 cm³/mol. The number of ether oxygens (including phenoxy) is 1. The monoisotopic (exact) mass is 237 g/mol. The van der Waals surface area contributed by atoms with Crippen molar-refractivity contribution in [3.05, 3.63) is 0 Å². The van der Waals surface area contributed by atoms with Gasteiger partial charge < -0.3 is 10.1 Å². The maximum Gasteiger partial charge on any atom is 0.153 e. The molecule has 0 aliphatic heterocycles. The molecule has 0 radical (unpaired) electrons. The van der Waals surface area contributed by atoms with Crippen LogP contribution in [0.25, 0.3) is 0 Å². The summed E-state index contributed by atoms with van der Waals surface area (Å²) in [6.45, 7) is 8.20. The van der Waals surface area contributed by atoms with Gasteiger partial charge in [0.2, 0.25) is 0 Å².